The molecular weight excluding hydrogens is 230 g/mol. The van der Waals surface area contributed by atoms with Gasteiger partial charge in [-0.2, -0.15) is 5.26 Å². The molecule has 1 heterocycles. The van der Waals surface area contributed by atoms with Gasteiger partial charge >= 0.3 is 0 Å². The van der Waals surface area contributed by atoms with E-state index in [1.54, 1.807) is 18.2 Å². The Morgan fingerprint density at radius 1 is 1.39 bits per heavy atom. The highest BCUT2D eigenvalue weighted by Gasteiger charge is 2.21. The molecule has 0 saturated carbocycles. The zero-order chi connectivity index (χ0) is 13.0. The first kappa shape index (κ1) is 12.4. The lowest BCUT2D eigenvalue weighted by Gasteiger charge is -2.19. The highest BCUT2D eigenvalue weighted by atomic mass is 16.6. The summed E-state index contributed by atoms with van der Waals surface area (Å²) in [6.07, 6.45) is 1.40. The van der Waals surface area contributed by atoms with E-state index in [2.05, 4.69) is 6.07 Å². The normalized spacial score (nSPS) is 14.7. The Balaban J connectivity index is 2.23. The number of nitrogens with zero attached hydrogens (tertiary/aromatic N) is 1. The van der Waals surface area contributed by atoms with Gasteiger partial charge in [-0.05, 0) is 24.6 Å². The lowest BCUT2D eigenvalue weighted by Crippen LogP contribution is -2.17. The van der Waals surface area contributed by atoms with Crippen LogP contribution in [-0.2, 0) is 0 Å². The van der Waals surface area contributed by atoms with E-state index in [1.165, 1.54) is 0 Å². The Bertz CT molecular complexity index is 490. The molecule has 1 aliphatic heterocycles. The number of Topliss-reactive ketones (excluding diaryl/α,β-unsaturated/α-hetero) is 1. The maximum atomic E-state index is 12.1. The summed E-state index contributed by atoms with van der Waals surface area (Å²) < 4.78 is 10.8. The van der Waals surface area contributed by atoms with E-state index >= 15 is 0 Å². The fourth-order valence-corrected chi connectivity index (χ4v) is 1.94. The second-order valence-electron chi connectivity index (χ2n) is 4.19. The second kappa shape index (κ2) is 5.54. The van der Waals surface area contributed by atoms with Crippen molar-refractivity contribution in [2.24, 2.45) is 5.92 Å². The van der Waals surface area contributed by atoms with Gasteiger partial charge in [0.05, 0.1) is 6.07 Å². The summed E-state index contributed by atoms with van der Waals surface area (Å²) in [4.78, 5) is 12.1. The predicted molar refractivity (Wildman–Crippen MR) is 65.8 cm³/mol. The molecule has 4 nitrogen and oxygen atoms in total. The third kappa shape index (κ3) is 2.45. The molecule has 0 spiro atoms. The van der Waals surface area contributed by atoms with Crippen molar-refractivity contribution in [3.05, 3.63) is 23.8 Å². The van der Waals surface area contributed by atoms with Crippen molar-refractivity contribution in [2.75, 3.05) is 13.2 Å². The number of ether oxygens (including phenoxy) is 2. The average Bonchev–Trinajstić information content (AvgIpc) is 2.43. The quantitative estimate of drug-likeness (QED) is 0.765. The SMILES string of the molecule is CCCC(C#N)C(=O)c1ccc2c(c1)OCCO2. The molecular formula is C14H15NO3. The first-order chi connectivity index (χ1) is 8.76. The summed E-state index contributed by atoms with van der Waals surface area (Å²) in [5.41, 5.74) is 0.513. The van der Waals surface area contributed by atoms with Crippen LogP contribution in [-0.4, -0.2) is 19.0 Å². The predicted octanol–water partition coefficient (Wildman–Crippen LogP) is 2.58. The van der Waals surface area contributed by atoms with Crippen LogP contribution < -0.4 is 9.47 Å². The minimum absolute atomic E-state index is 0.142. The lowest BCUT2D eigenvalue weighted by molar-refractivity contribution is 0.0942. The van der Waals surface area contributed by atoms with Gasteiger partial charge in [-0.3, -0.25) is 4.79 Å². The summed E-state index contributed by atoms with van der Waals surface area (Å²) in [7, 11) is 0. The Morgan fingerprint density at radius 2 is 2.11 bits per heavy atom. The van der Waals surface area contributed by atoms with Gasteiger partial charge in [0.25, 0.3) is 0 Å². The van der Waals surface area contributed by atoms with E-state index in [-0.39, 0.29) is 5.78 Å². The van der Waals surface area contributed by atoms with E-state index in [0.717, 1.165) is 6.42 Å². The molecule has 2 rings (SSSR count). The molecule has 0 aliphatic carbocycles. The number of ketones is 1. The van der Waals surface area contributed by atoms with Gasteiger partial charge in [0.2, 0.25) is 0 Å². The molecule has 94 valence electrons. The van der Waals surface area contributed by atoms with Crippen LogP contribution in [0.15, 0.2) is 18.2 Å². The van der Waals surface area contributed by atoms with Gasteiger partial charge in [-0.25, -0.2) is 0 Å². The Morgan fingerprint density at radius 3 is 2.78 bits per heavy atom. The van der Waals surface area contributed by atoms with Crippen LogP contribution in [0.1, 0.15) is 30.1 Å². The standard InChI is InChI=1S/C14H15NO3/c1-2-3-11(9-15)14(16)10-4-5-12-13(8-10)18-7-6-17-12/h4-5,8,11H,2-3,6-7H2,1H3. The van der Waals surface area contributed by atoms with Gasteiger partial charge in [0.15, 0.2) is 17.3 Å². The number of rotatable bonds is 4. The Hall–Kier alpha value is -2.02. The molecule has 1 atom stereocenters. The maximum absolute atomic E-state index is 12.1. The summed E-state index contributed by atoms with van der Waals surface area (Å²) >= 11 is 0. The van der Waals surface area contributed by atoms with E-state index < -0.39 is 5.92 Å². The number of nitriles is 1. The highest BCUT2D eigenvalue weighted by Crippen LogP contribution is 2.31. The zero-order valence-electron chi connectivity index (χ0n) is 10.3. The Kier molecular flexibility index (Phi) is 3.83. The molecule has 1 aromatic carbocycles. The van der Waals surface area contributed by atoms with Crippen LogP contribution in [0.5, 0.6) is 11.5 Å². The topological polar surface area (TPSA) is 59.3 Å². The molecule has 0 bridgehead atoms. The average molecular weight is 245 g/mol. The molecule has 1 aromatic rings. The molecule has 0 saturated heterocycles. The van der Waals surface area contributed by atoms with Crippen molar-refractivity contribution < 1.29 is 14.3 Å². The van der Waals surface area contributed by atoms with Crippen molar-refractivity contribution >= 4 is 5.78 Å². The maximum Gasteiger partial charge on any atom is 0.180 e. The fraction of sp³-hybridized carbons (Fsp3) is 0.429. The Labute approximate surface area is 106 Å². The van der Waals surface area contributed by atoms with Gasteiger partial charge < -0.3 is 9.47 Å². The smallest absolute Gasteiger partial charge is 0.180 e. The molecule has 0 amide bonds. The third-order valence-electron chi connectivity index (χ3n) is 2.88. The largest absolute Gasteiger partial charge is 0.486 e. The molecule has 1 aliphatic rings. The molecule has 1 unspecified atom stereocenters. The molecule has 4 heteroatoms. The number of hydrogen-bond donors (Lipinski definition) is 0. The number of fused-ring (bicyclic) bond motifs is 1. The van der Waals surface area contributed by atoms with Crippen molar-refractivity contribution in [3.8, 4) is 17.6 Å². The van der Waals surface area contributed by atoms with Crippen molar-refractivity contribution in [1.82, 2.24) is 0 Å². The third-order valence-corrected chi connectivity index (χ3v) is 2.88. The van der Waals surface area contributed by atoms with E-state index in [1.807, 2.05) is 6.92 Å². The second-order valence-corrected chi connectivity index (χ2v) is 4.19. The van der Waals surface area contributed by atoms with E-state index in [0.29, 0.717) is 36.7 Å². The summed E-state index contributed by atoms with van der Waals surface area (Å²) in [6.45, 7) is 2.97. The van der Waals surface area contributed by atoms with E-state index in [9.17, 15) is 4.79 Å². The molecule has 18 heavy (non-hydrogen) atoms. The highest BCUT2D eigenvalue weighted by molar-refractivity contribution is 5.99. The van der Waals surface area contributed by atoms with Gasteiger partial charge in [0.1, 0.15) is 19.1 Å². The number of hydrogen-bond acceptors (Lipinski definition) is 4. The van der Waals surface area contributed by atoms with Gasteiger partial charge in [-0.1, -0.05) is 13.3 Å². The lowest BCUT2D eigenvalue weighted by atomic mass is 9.94. The number of benzene rings is 1. The molecule has 0 aromatic heterocycles. The van der Waals surface area contributed by atoms with Crippen LogP contribution in [0.3, 0.4) is 0 Å². The van der Waals surface area contributed by atoms with Crippen molar-refractivity contribution in [2.45, 2.75) is 19.8 Å². The van der Waals surface area contributed by atoms with E-state index in [4.69, 9.17) is 14.7 Å². The minimum Gasteiger partial charge on any atom is -0.486 e. The first-order valence-electron chi connectivity index (χ1n) is 6.09. The van der Waals surface area contributed by atoms with Crippen LogP contribution in [0.2, 0.25) is 0 Å². The minimum atomic E-state index is -0.572. The summed E-state index contributed by atoms with van der Waals surface area (Å²) in [5.74, 6) is 0.524. The first-order valence-corrected chi connectivity index (χ1v) is 6.09. The van der Waals surface area contributed by atoms with Gasteiger partial charge in [0, 0.05) is 5.56 Å². The van der Waals surface area contributed by atoms with Gasteiger partial charge in [-0.15, -0.1) is 0 Å². The molecule has 0 radical (unpaired) electrons. The van der Waals surface area contributed by atoms with Crippen molar-refractivity contribution in [1.29, 1.82) is 5.26 Å². The summed E-state index contributed by atoms with van der Waals surface area (Å²) in [6, 6.07) is 7.14. The van der Waals surface area contributed by atoms with Crippen LogP contribution >= 0.6 is 0 Å². The van der Waals surface area contributed by atoms with Crippen molar-refractivity contribution in [3.63, 3.8) is 0 Å². The zero-order valence-corrected chi connectivity index (χ0v) is 10.3. The molecule has 0 N–H and O–H groups in total. The number of carbonyl (C=O) groups is 1. The molecule has 0 fully saturated rings. The van der Waals surface area contributed by atoms with Crippen LogP contribution in [0.25, 0.3) is 0 Å². The fourth-order valence-electron chi connectivity index (χ4n) is 1.94. The monoisotopic (exact) mass is 245 g/mol. The summed E-state index contributed by atoms with van der Waals surface area (Å²) in [5, 5.41) is 9.00. The number of carbonyl (C=O) groups excluding carboxylic acids is 1. The van der Waals surface area contributed by atoms with Crippen LogP contribution in [0, 0.1) is 17.2 Å². The van der Waals surface area contributed by atoms with Crippen LogP contribution in [0.4, 0.5) is 0 Å².